The van der Waals surface area contributed by atoms with Crippen LogP contribution in [0.3, 0.4) is 0 Å². The second kappa shape index (κ2) is 7.60. The molecule has 5 nitrogen and oxygen atoms in total. The summed E-state index contributed by atoms with van der Waals surface area (Å²) in [4.78, 5) is 20.3. The van der Waals surface area contributed by atoms with Crippen LogP contribution in [0, 0.1) is 12.8 Å². The van der Waals surface area contributed by atoms with E-state index < -0.39 is 0 Å². The van der Waals surface area contributed by atoms with Crippen LogP contribution in [-0.4, -0.2) is 33.0 Å². The molecule has 1 atom stereocenters. The standard InChI is InChI=1S/C21H23N5/c1-16-11-20(25-21(24-16)19-7-3-9-23-14-19)26-10-4-6-18(15-26)12-17-5-2-8-22-13-17/h2-3,5,7-9,11,13-14,18H,4,6,10,12,15H2,1H3/t18-/m0/s1. The van der Waals surface area contributed by atoms with E-state index in [4.69, 9.17) is 4.98 Å². The van der Waals surface area contributed by atoms with E-state index in [1.165, 1.54) is 18.4 Å². The minimum atomic E-state index is 0.630. The number of aromatic nitrogens is 4. The number of nitrogens with zero attached hydrogens (tertiary/aromatic N) is 5. The Kier molecular flexibility index (Phi) is 4.86. The topological polar surface area (TPSA) is 54.8 Å². The smallest absolute Gasteiger partial charge is 0.163 e. The first kappa shape index (κ1) is 16.6. The van der Waals surface area contributed by atoms with E-state index in [1.54, 1.807) is 6.20 Å². The molecule has 4 rings (SSSR count). The summed E-state index contributed by atoms with van der Waals surface area (Å²) in [6.45, 7) is 4.10. The van der Waals surface area contributed by atoms with E-state index in [-0.39, 0.29) is 0 Å². The van der Waals surface area contributed by atoms with Gasteiger partial charge in [0.25, 0.3) is 0 Å². The van der Waals surface area contributed by atoms with Gasteiger partial charge < -0.3 is 4.90 Å². The van der Waals surface area contributed by atoms with E-state index in [0.29, 0.717) is 5.92 Å². The number of pyridine rings is 2. The lowest BCUT2D eigenvalue weighted by Crippen LogP contribution is -2.37. The third-order valence-electron chi connectivity index (χ3n) is 4.85. The molecule has 1 saturated heterocycles. The minimum Gasteiger partial charge on any atom is -0.356 e. The number of aryl methyl sites for hydroxylation is 1. The monoisotopic (exact) mass is 345 g/mol. The van der Waals surface area contributed by atoms with Crippen molar-refractivity contribution in [2.45, 2.75) is 26.2 Å². The number of hydrogen-bond donors (Lipinski definition) is 0. The lowest BCUT2D eigenvalue weighted by atomic mass is 9.92. The Hall–Kier alpha value is -2.82. The molecule has 4 heterocycles. The maximum absolute atomic E-state index is 4.83. The van der Waals surface area contributed by atoms with Gasteiger partial charge in [0, 0.05) is 55.2 Å². The number of piperidine rings is 1. The molecule has 3 aromatic rings. The van der Waals surface area contributed by atoms with Crippen molar-refractivity contribution in [2.75, 3.05) is 18.0 Å². The van der Waals surface area contributed by atoms with Crippen molar-refractivity contribution in [3.63, 3.8) is 0 Å². The van der Waals surface area contributed by atoms with Crippen LogP contribution in [0.1, 0.15) is 24.1 Å². The zero-order chi connectivity index (χ0) is 17.8. The highest BCUT2D eigenvalue weighted by Crippen LogP contribution is 2.26. The summed E-state index contributed by atoms with van der Waals surface area (Å²) >= 11 is 0. The van der Waals surface area contributed by atoms with Crippen molar-refractivity contribution in [1.29, 1.82) is 0 Å². The zero-order valence-electron chi connectivity index (χ0n) is 15.0. The van der Waals surface area contributed by atoms with Crippen LogP contribution in [0.15, 0.2) is 55.1 Å². The van der Waals surface area contributed by atoms with Crippen LogP contribution < -0.4 is 4.90 Å². The van der Waals surface area contributed by atoms with Gasteiger partial charge in [-0.25, -0.2) is 9.97 Å². The molecule has 0 saturated carbocycles. The Bertz CT molecular complexity index is 851. The first-order valence-corrected chi connectivity index (χ1v) is 9.18. The van der Waals surface area contributed by atoms with Crippen molar-refractivity contribution >= 4 is 5.82 Å². The van der Waals surface area contributed by atoms with Gasteiger partial charge in [0.15, 0.2) is 5.82 Å². The van der Waals surface area contributed by atoms with Gasteiger partial charge in [0.1, 0.15) is 5.82 Å². The predicted molar refractivity (Wildman–Crippen MR) is 103 cm³/mol. The normalized spacial score (nSPS) is 17.3. The summed E-state index contributed by atoms with van der Waals surface area (Å²) in [5, 5.41) is 0. The molecule has 0 amide bonds. The number of anilines is 1. The second-order valence-corrected chi connectivity index (χ2v) is 6.95. The highest BCUT2D eigenvalue weighted by Gasteiger charge is 2.22. The summed E-state index contributed by atoms with van der Waals surface area (Å²) in [5.74, 6) is 2.40. The SMILES string of the molecule is Cc1cc(N2CCC[C@@H](Cc3cccnc3)C2)nc(-c2cccnc2)n1. The lowest BCUT2D eigenvalue weighted by Gasteiger charge is -2.34. The average molecular weight is 345 g/mol. The molecular weight excluding hydrogens is 322 g/mol. The molecule has 1 aliphatic rings. The van der Waals surface area contributed by atoms with Gasteiger partial charge in [0.2, 0.25) is 0 Å². The van der Waals surface area contributed by atoms with Crippen molar-refractivity contribution in [3.8, 4) is 11.4 Å². The lowest BCUT2D eigenvalue weighted by molar-refractivity contribution is 0.411. The van der Waals surface area contributed by atoms with Crippen LogP contribution >= 0.6 is 0 Å². The van der Waals surface area contributed by atoms with E-state index in [2.05, 4.69) is 32.0 Å². The molecule has 0 bridgehead atoms. The van der Waals surface area contributed by atoms with Gasteiger partial charge in [-0.1, -0.05) is 6.07 Å². The summed E-state index contributed by atoms with van der Waals surface area (Å²) in [6, 6.07) is 10.2. The van der Waals surface area contributed by atoms with Crippen molar-refractivity contribution in [1.82, 2.24) is 19.9 Å². The number of rotatable bonds is 4. The van der Waals surface area contributed by atoms with Crippen LogP contribution in [-0.2, 0) is 6.42 Å². The average Bonchev–Trinajstić information content (AvgIpc) is 2.69. The highest BCUT2D eigenvalue weighted by molar-refractivity contribution is 5.56. The Morgan fingerprint density at radius 3 is 2.69 bits per heavy atom. The molecule has 0 radical (unpaired) electrons. The van der Waals surface area contributed by atoms with Gasteiger partial charge in [-0.15, -0.1) is 0 Å². The maximum Gasteiger partial charge on any atom is 0.163 e. The molecule has 0 unspecified atom stereocenters. The zero-order valence-corrected chi connectivity index (χ0v) is 15.0. The number of hydrogen-bond acceptors (Lipinski definition) is 5. The quantitative estimate of drug-likeness (QED) is 0.722. The third kappa shape index (κ3) is 3.87. The van der Waals surface area contributed by atoms with Gasteiger partial charge in [-0.2, -0.15) is 0 Å². The van der Waals surface area contributed by atoms with Crippen LogP contribution in [0.5, 0.6) is 0 Å². The Morgan fingerprint density at radius 2 is 1.92 bits per heavy atom. The largest absolute Gasteiger partial charge is 0.356 e. The minimum absolute atomic E-state index is 0.630. The van der Waals surface area contributed by atoms with Gasteiger partial charge in [-0.3, -0.25) is 9.97 Å². The first-order valence-electron chi connectivity index (χ1n) is 9.18. The third-order valence-corrected chi connectivity index (χ3v) is 4.85. The second-order valence-electron chi connectivity index (χ2n) is 6.95. The molecule has 1 fully saturated rings. The van der Waals surface area contributed by atoms with Crippen LogP contribution in [0.4, 0.5) is 5.82 Å². The molecule has 0 spiro atoms. The van der Waals surface area contributed by atoms with E-state index in [0.717, 1.165) is 42.4 Å². The predicted octanol–water partition coefficient (Wildman–Crippen LogP) is 3.70. The van der Waals surface area contributed by atoms with Gasteiger partial charge in [0.05, 0.1) is 0 Å². The van der Waals surface area contributed by atoms with Crippen molar-refractivity contribution < 1.29 is 0 Å². The Balaban J connectivity index is 1.54. The summed E-state index contributed by atoms with van der Waals surface area (Å²) < 4.78 is 0. The molecular formula is C21H23N5. The fourth-order valence-electron chi connectivity index (χ4n) is 3.63. The van der Waals surface area contributed by atoms with E-state index in [1.807, 2.05) is 43.7 Å². The summed E-state index contributed by atoms with van der Waals surface area (Å²) in [6.07, 6.45) is 10.9. The van der Waals surface area contributed by atoms with Crippen molar-refractivity contribution in [2.24, 2.45) is 5.92 Å². The molecule has 0 aromatic carbocycles. The van der Waals surface area contributed by atoms with Gasteiger partial charge >= 0.3 is 0 Å². The Labute approximate surface area is 154 Å². The molecule has 132 valence electrons. The molecule has 0 aliphatic carbocycles. The molecule has 26 heavy (non-hydrogen) atoms. The molecule has 3 aromatic heterocycles. The van der Waals surface area contributed by atoms with E-state index >= 15 is 0 Å². The fourth-order valence-corrected chi connectivity index (χ4v) is 3.63. The van der Waals surface area contributed by atoms with Crippen LogP contribution in [0.25, 0.3) is 11.4 Å². The molecule has 0 N–H and O–H groups in total. The Morgan fingerprint density at radius 1 is 1.08 bits per heavy atom. The summed E-state index contributed by atoms with van der Waals surface area (Å²) in [7, 11) is 0. The van der Waals surface area contributed by atoms with Gasteiger partial charge in [-0.05, 0) is 55.9 Å². The molecule has 1 aliphatic heterocycles. The van der Waals surface area contributed by atoms with Crippen LogP contribution in [0.2, 0.25) is 0 Å². The van der Waals surface area contributed by atoms with E-state index in [9.17, 15) is 0 Å². The van der Waals surface area contributed by atoms with Crippen molar-refractivity contribution in [3.05, 3.63) is 66.4 Å². The maximum atomic E-state index is 4.83. The first-order chi connectivity index (χ1) is 12.8. The highest BCUT2D eigenvalue weighted by atomic mass is 15.2. The fraction of sp³-hybridized carbons (Fsp3) is 0.333. The summed E-state index contributed by atoms with van der Waals surface area (Å²) in [5.41, 5.74) is 3.26. The molecule has 5 heteroatoms.